The molecule has 5 heteroatoms. The Balaban J connectivity index is 1.56. The summed E-state index contributed by atoms with van der Waals surface area (Å²) in [6.07, 6.45) is 1.77. The van der Waals surface area contributed by atoms with Crippen LogP contribution in [0.3, 0.4) is 0 Å². The highest BCUT2D eigenvalue weighted by Gasteiger charge is 2.28. The van der Waals surface area contributed by atoms with Gasteiger partial charge < -0.3 is 9.84 Å². The number of morpholine rings is 1. The fourth-order valence-electron chi connectivity index (χ4n) is 3.55. The maximum absolute atomic E-state index is 13.4. The molecule has 0 aromatic heterocycles. The second kappa shape index (κ2) is 7.51. The number of ether oxygens (including phenoxy) is 1. The van der Waals surface area contributed by atoms with Gasteiger partial charge in [0.25, 0.3) is 0 Å². The molecule has 1 aromatic carbocycles. The Morgan fingerprint density at radius 2 is 2.05 bits per heavy atom. The van der Waals surface area contributed by atoms with Crippen molar-refractivity contribution in [2.45, 2.75) is 25.0 Å². The second-order valence-electron chi connectivity index (χ2n) is 6.27. The van der Waals surface area contributed by atoms with Crippen LogP contribution >= 0.6 is 0 Å². The lowest BCUT2D eigenvalue weighted by molar-refractivity contribution is 0.00584. The van der Waals surface area contributed by atoms with E-state index < -0.39 is 0 Å². The normalized spacial score (nSPS) is 25.5. The highest BCUT2D eigenvalue weighted by molar-refractivity contribution is 5.21. The average molecular weight is 308 g/mol. The molecular weight excluding hydrogens is 283 g/mol. The Kier molecular flexibility index (Phi) is 5.41. The summed E-state index contributed by atoms with van der Waals surface area (Å²) in [5.41, 5.74) is 1.02. The molecule has 0 spiro atoms. The minimum Gasteiger partial charge on any atom is -0.390 e. The number of benzene rings is 1. The molecule has 1 aromatic rings. The molecule has 2 fully saturated rings. The smallest absolute Gasteiger partial charge is 0.123 e. The zero-order valence-electron chi connectivity index (χ0n) is 13.0. The van der Waals surface area contributed by atoms with Crippen LogP contribution in [0.25, 0.3) is 0 Å². The fraction of sp³-hybridized carbons (Fsp3) is 0.647. The minimum atomic E-state index is -0.368. The average Bonchev–Trinajstić information content (AvgIpc) is 2.96. The van der Waals surface area contributed by atoms with Gasteiger partial charge in [-0.05, 0) is 37.1 Å². The van der Waals surface area contributed by atoms with Gasteiger partial charge in [-0.2, -0.15) is 0 Å². The van der Waals surface area contributed by atoms with E-state index in [1.54, 1.807) is 12.1 Å². The number of halogens is 1. The Morgan fingerprint density at radius 3 is 2.82 bits per heavy atom. The minimum absolute atomic E-state index is 0.182. The summed E-state index contributed by atoms with van der Waals surface area (Å²) < 4.78 is 18.8. The predicted molar refractivity (Wildman–Crippen MR) is 83.2 cm³/mol. The van der Waals surface area contributed by atoms with Gasteiger partial charge in [-0.25, -0.2) is 4.39 Å². The molecule has 122 valence electrons. The van der Waals surface area contributed by atoms with Crippen LogP contribution in [-0.2, 0) is 4.74 Å². The van der Waals surface area contributed by atoms with E-state index in [9.17, 15) is 9.50 Å². The molecule has 2 aliphatic heterocycles. The van der Waals surface area contributed by atoms with Crippen molar-refractivity contribution in [3.8, 4) is 0 Å². The van der Waals surface area contributed by atoms with Crippen LogP contribution in [0.2, 0.25) is 0 Å². The van der Waals surface area contributed by atoms with Crippen LogP contribution in [0.1, 0.15) is 24.4 Å². The van der Waals surface area contributed by atoms with Crippen molar-refractivity contribution in [2.24, 2.45) is 0 Å². The molecule has 2 heterocycles. The first-order chi connectivity index (χ1) is 10.7. The Bertz CT molecular complexity index is 479. The van der Waals surface area contributed by atoms with E-state index in [4.69, 9.17) is 4.74 Å². The molecular formula is C17H25FN2O2. The van der Waals surface area contributed by atoms with Crippen LogP contribution in [-0.4, -0.2) is 66.9 Å². The number of aliphatic hydroxyl groups is 1. The summed E-state index contributed by atoms with van der Waals surface area (Å²) in [4.78, 5) is 4.54. The Labute approximate surface area is 131 Å². The number of β-amino-alcohol motifs (C(OH)–C–C–N with tert-alkyl or cyclic N) is 1. The molecule has 0 amide bonds. The van der Waals surface area contributed by atoms with Crippen molar-refractivity contribution >= 4 is 0 Å². The summed E-state index contributed by atoms with van der Waals surface area (Å²) in [7, 11) is 0. The molecule has 2 saturated heterocycles. The zero-order valence-corrected chi connectivity index (χ0v) is 13.0. The van der Waals surface area contributed by atoms with Crippen molar-refractivity contribution < 1.29 is 14.2 Å². The number of hydrogen-bond acceptors (Lipinski definition) is 4. The van der Waals surface area contributed by atoms with Gasteiger partial charge in [0.05, 0.1) is 19.3 Å². The molecule has 0 radical (unpaired) electrons. The molecule has 3 rings (SSSR count). The third-order valence-electron chi connectivity index (χ3n) is 4.62. The van der Waals surface area contributed by atoms with Gasteiger partial charge in [-0.1, -0.05) is 12.1 Å². The largest absolute Gasteiger partial charge is 0.390 e. The van der Waals surface area contributed by atoms with Crippen LogP contribution < -0.4 is 0 Å². The van der Waals surface area contributed by atoms with Gasteiger partial charge in [0.1, 0.15) is 5.82 Å². The van der Waals surface area contributed by atoms with Crippen molar-refractivity contribution in [1.82, 2.24) is 9.80 Å². The number of aliphatic hydroxyl groups excluding tert-OH is 1. The third-order valence-corrected chi connectivity index (χ3v) is 4.62. The maximum Gasteiger partial charge on any atom is 0.123 e. The Hall–Kier alpha value is -1.01. The van der Waals surface area contributed by atoms with E-state index in [-0.39, 0.29) is 18.0 Å². The molecule has 0 bridgehead atoms. The summed E-state index contributed by atoms with van der Waals surface area (Å²) in [5.74, 6) is -0.182. The van der Waals surface area contributed by atoms with Gasteiger partial charge in [0, 0.05) is 32.2 Å². The van der Waals surface area contributed by atoms with E-state index in [0.717, 1.165) is 51.3 Å². The lowest BCUT2D eigenvalue weighted by atomic mass is 10.0. The molecule has 4 nitrogen and oxygen atoms in total. The highest BCUT2D eigenvalue weighted by Crippen LogP contribution is 2.32. The third kappa shape index (κ3) is 4.04. The quantitative estimate of drug-likeness (QED) is 0.897. The zero-order chi connectivity index (χ0) is 15.4. The van der Waals surface area contributed by atoms with E-state index in [2.05, 4.69) is 9.80 Å². The van der Waals surface area contributed by atoms with Crippen LogP contribution in [0.4, 0.5) is 4.39 Å². The lowest BCUT2D eigenvalue weighted by Gasteiger charge is -2.32. The van der Waals surface area contributed by atoms with Crippen LogP contribution in [0.15, 0.2) is 24.3 Å². The molecule has 22 heavy (non-hydrogen) atoms. The van der Waals surface area contributed by atoms with Crippen LogP contribution in [0.5, 0.6) is 0 Å². The van der Waals surface area contributed by atoms with Crippen LogP contribution in [0, 0.1) is 5.82 Å². The maximum atomic E-state index is 13.4. The molecule has 1 N–H and O–H groups in total. The molecule has 2 atom stereocenters. The second-order valence-corrected chi connectivity index (χ2v) is 6.27. The number of likely N-dealkylation sites (tertiary alicyclic amines) is 1. The van der Waals surface area contributed by atoms with Crippen molar-refractivity contribution in [1.29, 1.82) is 0 Å². The van der Waals surface area contributed by atoms with Gasteiger partial charge in [0.2, 0.25) is 0 Å². The van der Waals surface area contributed by atoms with Gasteiger partial charge in [-0.3, -0.25) is 9.80 Å². The lowest BCUT2D eigenvalue weighted by Crippen LogP contribution is -2.44. The van der Waals surface area contributed by atoms with Crippen molar-refractivity contribution in [3.05, 3.63) is 35.6 Å². The summed E-state index contributed by atoms with van der Waals surface area (Å²) >= 11 is 0. The monoisotopic (exact) mass is 308 g/mol. The first kappa shape index (κ1) is 15.9. The van der Waals surface area contributed by atoms with Gasteiger partial charge in [0.15, 0.2) is 0 Å². The Morgan fingerprint density at radius 1 is 1.23 bits per heavy atom. The van der Waals surface area contributed by atoms with Crippen molar-refractivity contribution in [3.63, 3.8) is 0 Å². The molecule has 2 unspecified atom stereocenters. The van der Waals surface area contributed by atoms with E-state index in [0.29, 0.717) is 13.1 Å². The summed E-state index contributed by atoms with van der Waals surface area (Å²) in [6, 6.07) is 7.09. The number of nitrogens with zero attached hydrogens (tertiary/aromatic N) is 2. The van der Waals surface area contributed by atoms with Crippen molar-refractivity contribution in [2.75, 3.05) is 45.9 Å². The number of rotatable bonds is 5. The summed E-state index contributed by atoms with van der Waals surface area (Å²) in [6.45, 7) is 5.61. The molecule has 0 aliphatic carbocycles. The van der Waals surface area contributed by atoms with E-state index in [1.807, 2.05) is 6.07 Å². The van der Waals surface area contributed by atoms with E-state index >= 15 is 0 Å². The van der Waals surface area contributed by atoms with Gasteiger partial charge in [-0.15, -0.1) is 0 Å². The van der Waals surface area contributed by atoms with Gasteiger partial charge >= 0.3 is 0 Å². The first-order valence-corrected chi connectivity index (χ1v) is 8.20. The molecule has 0 saturated carbocycles. The molecule has 2 aliphatic rings. The topological polar surface area (TPSA) is 35.9 Å². The number of hydrogen-bond donors (Lipinski definition) is 1. The highest BCUT2D eigenvalue weighted by atomic mass is 19.1. The standard InChI is InChI=1S/C17H25FN2O2/c18-15-4-1-3-14(11-15)17-5-2-6-20(17)13-16(21)12-19-7-9-22-10-8-19/h1,3-4,11,16-17,21H,2,5-10,12-13H2. The SMILES string of the molecule is OC(CN1CCOCC1)CN1CCCC1c1cccc(F)c1. The van der Waals surface area contributed by atoms with E-state index in [1.165, 1.54) is 6.07 Å². The fourth-order valence-corrected chi connectivity index (χ4v) is 3.55. The predicted octanol–water partition coefficient (Wildman–Crippen LogP) is 1.66. The summed E-state index contributed by atoms with van der Waals surface area (Å²) in [5, 5.41) is 10.4. The first-order valence-electron chi connectivity index (χ1n) is 8.20.